The van der Waals surface area contributed by atoms with E-state index in [9.17, 15) is 4.79 Å². The molecule has 1 N–H and O–H groups in total. The van der Waals surface area contributed by atoms with Crippen LogP contribution in [0.3, 0.4) is 0 Å². The van der Waals surface area contributed by atoms with Crippen molar-refractivity contribution in [3.8, 4) is 6.57 Å². The van der Waals surface area contributed by atoms with E-state index in [1.807, 2.05) is 24.3 Å². The molecule has 1 aromatic carbocycles. The maximum atomic E-state index is 10.8. The van der Waals surface area contributed by atoms with Gasteiger partial charge in [0.2, 0.25) is 5.91 Å². The first-order valence-electron chi connectivity index (χ1n) is 3.50. The minimum absolute atomic E-state index is 0.0983. The molecule has 1 aliphatic rings. The molecule has 1 heterocycles. The molecule has 12 heavy (non-hydrogen) atoms. The Bertz CT molecular complexity index is 290. The lowest BCUT2D eigenvalue weighted by Gasteiger charge is -1.93. The molecule has 0 radical (unpaired) electrons. The average Bonchev–Trinajstić information content (AvgIpc) is 2.48. The molecule has 1 amide bonds. The molecule has 0 atom stereocenters. The summed E-state index contributed by atoms with van der Waals surface area (Å²) >= 11 is 0. The smallest absolute Gasteiger partial charge is 0.228 e. The largest absolute Gasteiger partial charge is 0.326 e. The summed E-state index contributed by atoms with van der Waals surface area (Å²) in [6.07, 6.45) is 0.538. The van der Waals surface area contributed by atoms with Crippen molar-refractivity contribution >= 4 is 11.6 Å². The summed E-state index contributed by atoms with van der Waals surface area (Å²) in [5, 5.41) is 9.26. The molecule has 3 heteroatoms. The van der Waals surface area contributed by atoms with Gasteiger partial charge in [-0.25, -0.2) is 5.26 Å². The average molecular weight is 160 g/mol. The van der Waals surface area contributed by atoms with Crippen LogP contribution in [-0.4, -0.2) is 5.91 Å². The number of rotatable bonds is 0. The van der Waals surface area contributed by atoms with E-state index in [0.29, 0.717) is 6.42 Å². The van der Waals surface area contributed by atoms with E-state index in [4.69, 9.17) is 5.26 Å². The van der Waals surface area contributed by atoms with E-state index >= 15 is 0 Å². The maximum absolute atomic E-state index is 10.8. The summed E-state index contributed by atoms with van der Waals surface area (Å²) < 4.78 is 0. The maximum Gasteiger partial charge on any atom is 0.228 e. The summed E-state index contributed by atoms with van der Waals surface area (Å²) in [5.41, 5.74) is 2.07. The molecular weight excluding hydrogens is 152 g/mol. The van der Waals surface area contributed by atoms with Gasteiger partial charge in [0.25, 0.3) is 0 Å². The second kappa shape index (κ2) is 3.54. The van der Waals surface area contributed by atoms with E-state index in [1.165, 1.54) is 0 Å². The van der Waals surface area contributed by atoms with Gasteiger partial charge in [0, 0.05) is 12.3 Å². The number of hydrogen-bond acceptors (Lipinski definition) is 2. The third-order valence-corrected chi connectivity index (χ3v) is 1.64. The van der Waals surface area contributed by atoms with Crippen molar-refractivity contribution < 1.29 is 4.79 Å². The third-order valence-electron chi connectivity index (χ3n) is 1.64. The van der Waals surface area contributed by atoms with Crippen LogP contribution in [0.15, 0.2) is 24.3 Å². The van der Waals surface area contributed by atoms with Gasteiger partial charge < -0.3 is 5.32 Å². The fourth-order valence-electron chi connectivity index (χ4n) is 1.16. The van der Waals surface area contributed by atoms with Crippen LogP contribution >= 0.6 is 0 Å². The van der Waals surface area contributed by atoms with Crippen molar-refractivity contribution in [2.75, 3.05) is 5.32 Å². The highest BCUT2D eigenvalue weighted by Crippen LogP contribution is 2.20. The number of fused-ring (bicyclic) bond motifs is 1. The molecule has 0 fully saturated rings. The normalized spacial score (nSPS) is 12.3. The molecule has 0 unspecified atom stereocenters. The SMILES string of the molecule is C#N.O=C1Cc2ccccc2N1. The number of nitrogens with zero attached hydrogens (tertiary/aromatic N) is 1. The van der Waals surface area contributed by atoms with Gasteiger partial charge in [-0.15, -0.1) is 0 Å². The minimum atomic E-state index is 0.0983. The van der Waals surface area contributed by atoms with Crippen molar-refractivity contribution in [2.24, 2.45) is 0 Å². The summed E-state index contributed by atoms with van der Waals surface area (Å²) in [6, 6.07) is 7.75. The van der Waals surface area contributed by atoms with Gasteiger partial charge in [-0.1, -0.05) is 18.2 Å². The van der Waals surface area contributed by atoms with Crippen molar-refractivity contribution in [3.05, 3.63) is 29.8 Å². The third kappa shape index (κ3) is 1.43. The quantitative estimate of drug-likeness (QED) is 0.622. The molecule has 1 aliphatic heterocycles. The fraction of sp³-hybridized carbons (Fsp3) is 0.111. The van der Waals surface area contributed by atoms with E-state index in [1.54, 1.807) is 0 Å². The van der Waals surface area contributed by atoms with Crippen LogP contribution in [0.25, 0.3) is 0 Å². The second-order valence-corrected chi connectivity index (χ2v) is 2.38. The second-order valence-electron chi connectivity index (χ2n) is 2.38. The lowest BCUT2D eigenvalue weighted by molar-refractivity contribution is -0.115. The highest BCUT2D eigenvalue weighted by atomic mass is 16.1. The van der Waals surface area contributed by atoms with Crippen molar-refractivity contribution in [1.82, 2.24) is 0 Å². The van der Waals surface area contributed by atoms with Crippen LogP contribution in [0.2, 0.25) is 0 Å². The standard InChI is InChI=1S/C8H7NO.CHN/c10-8-5-6-3-1-2-4-7(6)9-8;1-2/h1-4H,5H2,(H,9,10);1H. The number of nitriles is 1. The molecule has 0 saturated carbocycles. The van der Waals surface area contributed by atoms with Crippen molar-refractivity contribution in [1.29, 1.82) is 5.26 Å². The highest BCUT2D eigenvalue weighted by Gasteiger charge is 2.15. The minimum Gasteiger partial charge on any atom is -0.326 e. The first-order valence-corrected chi connectivity index (χ1v) is 3.50. The first-order chi connectivity index (χ1) is 5.86. The molecular formula is C9H8N2O. The van der Waals surface area contributed by atoms with E-state index in [2.05, 4.69) is 11.9 Å². The number of nitrogens with one attached hydrogen (secondary N) is 1. The summed E-state index contributed by atoms with van der Waals surface area (Å²) in [7, 11) is 0. The van der Waals surface area contributed by atoms with Gasteiger partial charge in [-0.3, -0.25) is 4.79 Å². The van der Waals surface area contributed by atoms with Gasteiger partial charge >= 0.3 is 0 Å². The zero-order chi connectivity index (χ0) is 8.97. The van der Waals surface area contributed by atoms with Crippen molar-refractivity contribution in [3.63, 3.8) is 0 Å². The summed E-state index contributed by atoms with van der Waals surface area (Å²) in [6.45, 7) is 3.50. The summed E-state index contributed by atoms with van der Waals surface area (Å²) in [5.74, 6) is 0.0983. The summed E-state index contributed by atoms with van der Waals surface area (Å²) in [4.78, 5) is 10.8. The molecule has 0 aliphatic carbocycles. The van der Waals surface area contributed by atoms with Gasteiger partial charge in [0.1, 0.15) is 0 Å². The van der Waals surface area contributed by atoms with E-state index < -0.39 is 0 Å². The molecule has 1 aromatic rings. The number of benzene rings is 1. The van der Waals surface area contributed by atoms with Gasteiger partial charge in [-0.05, 0) is 11.6 Å². The predicted octanol–water partition coefficient (Wildman–Crippen LogP) is 1.32. The van der Waals surface area contributed by atoms with Crippen molar-refractivity contribution in [2.45, 2.75) is 6.42 Å². The van der Waals surface area contributed by atoms with Gasteiger partial charge in [0.15, 0.2) is 0 Å². The highest BCUT2D eigenvalue weighted by molar-refractivity contribution is 5.98. The number of carbonyl (C=O) groups excluding carboxylic acids is 1. The lowest BCUT2D eigenvalue weighted by Crippen LogP contribution is -2.03. The topological polar surface area (TPSA) is 52.9 Å². The number of amides is 1. The Labute approximate surface area is 70.6 Å². The van der Waals surface area contributed by atoms with Gasteiger partial charge in [-0.2, -0.15) is 0 Å². The lowest BCUT2D eigenvalue weighted by atomic mass is 10.2. The Kier molecular flexibility index (Phi) is 2.44. The number of hydrogen-bond donors (Lipinski definition) is 1. The van der Waals surface area contributed by atoms with E-state index in [-0.39, 0.29) is 5.91 Å². The van der Waals surface area contributed by atoms with Crippen LogP contribution in [0.4, 0.5) is 5.69 Å². The molecule has 2 rings (SSSR count). The predicted molar refractivity (Wildman–Crippen MR) is 45.4 cm³/mol. The number of carbonyl (C=O) groups is 1. The first kappa shape index (κ1) is 8.28. The Balaban J connectivity index is 0.000000336. The van der Waals surface area contributed by atoms with Crippen LogP contribution in [-0.2, 0) is 11.2 Å². The van der Waals surface area contributed by atoms with Crippen LogP contribution < -0.4 is 5.32 Å². The van der Waals surface area contributed by atoms with Crippen LogP contribution in [0.5, 0.6) is 0 Å². The zero-order valence-corrected chi connectivity index (χ0v) is 6.45. The Morgan fingerprint density at radius 3 is 2.67 bits per heavy atom. The van der Waals surface area contributed by atoms with E-state index in [0.717, 1.165) is 11.3 Å². The molecule has 3 nitrogen and oxygen atoms in total. The Hall–Kier alpha value is -1.82. The molecule has 0 bridgehead atoms. The number of anilines is 1. The zero-order valence-electron chi connectivity index (χ0n) is 6.45. The molecule has 0 aromatic heterocycles. The Morgan fingerprint density at radius 2 is 2.00 bits per heavy atom. The van der Waals surface area contributed by atoms with Crippen LogP contribution in [0.1, 0.15) is 5.56 Å². The monoisotopic (exact) mass is 160 g/mol. The fourth-order valence-corrected chi connectivity index (χ4v) is 1.16. The van der Waals surface area contributed by atoms with Gasteiger partial charge in [0.05, 0.1) is 6.42 Å². The molecule has 60 valence electrons. The van der Waals surface area contributed by atoms with Crippen LogP contribution in [0, 0.1) is 11.8 Å². The molecule has 0 saturated heterocycles. The number of para-hydroxylation sites is 1. The Morgan fingerprint density at radius 1 is 1.33 bits per heavy atom. The molecule has 0 spiro atoms.